The number of aliphatic hydroxyl groups excluding tert-OH is 1. The quantitative estimate of drug-likeness (QED) is 0.407. The van der Waals surface area contributed by atoms with Crippen molar-refractivity contribution in [1.29, 1.82) is 0 Å². The number of likely N-dealkylation sites (N-methyl/N-ethyl adjacent to an activating group) is 1. The Balaban J connectivity index is 1.35. The number of rotatable bonds is 8. The van der Waals surface area contributed by atoms with E-state index in [1.165, 1.54) is 0 Å². The molecule has 37 heavy (non-hydrogen) atoms. The Bertz CT molecular complexity index is 1270. The van der Waals surface area contributed by atoms with E-state index in [4.69, 9.17) is 21.3 Å². The van der Waals surface area contributed by atoms with Gasteiger partial charge in [0, 0.05) is 73.2 Å². The van der Waals surface area contributed by atoms with Gasteiger partial charge in [0.05, 0.1) is 25.1 Å². The van der Waals surface area contributed by atoms with E-state index in [1.54, 1.807) is 19.5 Å². The van der Waals surface area contributed by atoms with Gasteiger partial charge >= 0.3 is 0 Å². The van der Waals surface area contributed by atoms with Crippen molar-refractivity contribution in [3.05, 3.63) is 52.8 Å². The Morgan fingerprint density at radius 2 is 1.95 bits per heavy atom. The Labute approximate surface area is 222 Å². The first-order valence-electron chi connectivity index (χ1n) is 12.7. The van der Waals surface area contributed by atoms with Crippen LogP contribution in [0.15, 0.2) is 36.7 Å². The summed E-state index contributed by atoms with van der Waals surface area (Å²) in [6.45, 7) is 11.0. The van der Waals surface area contributed by atoms with Crippen molar-refractivity contribution < 1.29 is 9.84 Å². The fourth-order valence-electron chi connectivity index (χ4n) is 4.91. The summed E-state index contributed by atoms with van der Waals surface area (Å²) in [7, 11) is 1.65. The lowest BCUT2D eigenvalue weighted by Gasteiger charge is -2.34. The van der Waals surface area contributed by atoms with E-state index in [0.29, 0.717) is 29.0 Å². The SMILES string of the molecule is CCN1CCN(Cc2cc(OC)c(Nc3nccc(-c4cnc5c(c4)C(C)(CO)CN5)n3)cc2Cl)CC1. The average Bonchev–Trinajstić information content (AvgIpc) is 3.27. The number of ether oxygens (including phenoxy) is 1. The van der Waals surface area contributed by atoms with Crippen molar-refractivity contribution in [2.45, 2.75) is 25.8 Å². The molecule has 1 fully saturated rings. The van der Waals surface area contributed by atoms with Crippen LogP contribution in [-0.4, -0.2) is 82.8 Å². The summed E-state index contributed by atoms with van der Waals surface area (Å²) < 4.78 is 5.69. The number of benzene rings is 1. The van der Waals surface area contributed by atoms with Gasteiger partial charge in [-0.05, 0) is 36.4 Å². The van der Waals surface area contributed by atoms with Crippen molar-refractivity contribution in [2.75, 3.05) is 63.6 Å². The van der Waals surface area contributed by atoms with Crippen LogP contribution >= 0.6 is 11.6 Å². The predicted molar refractivity (Wildman–Crippen MR) is 147 cm³/mol. The molecule has 3 aromatic rings. The molecule has 0 aliphatic carbocycles. The van der Waals surface area contributed by atoms with Gasteiger partial charge in [-0.2, -0.15) is 0 Å². The summed E-state index contributed by atoms with van der Waals surface area (Å²) in [5, 5.41) is 17.1. The number of hydrogen-bond acceptors (Lipinski definition) is 9. The minimum Gasteiger partial charge on any atom is -0.495 e. The molecule has 0 amide bonds. The maximum absolute atomic E-state index is 9.92. The van der Waals surface area contributed by atoms with Gasteiger partial charge in [-0.1, -0.05) is 25.4 Å². The maximum Gasteiger partial charge on any atom is 0.227 e. The van der Waals surface area contributed by atoms with Gasteiger partial charge < -0.3 is 25.4 Å². The molecule has 4 heterocycles. The molecule has 5 rings (SSSR count). The fourth-order valence-corrected chi connectivity index (χ4v) is 5.13. The number of hydrogen-bond donors (Lipinski definition) is 3. The normalized spacial score (nSPS) is 19.9. The number of anilines is 3. The molecule has 2 aromatic heterocycles. The van der Waals surface area contributed by atoms with Gasteiger partial charge in [-0.3, -0.25) is 4.90 Å². The Kier molecular flexibility index (Phi) is 7.48. The fraction of sp³-hybridized carbons (Fsp3) is 0.444. The number of aliphatic hydroxyl groups is 1. The predicted octanol–water partition coefficient (Wildman–Crippen LogP) is 3.76. The third-order valence-electron chi connectivity index (χ3n) is 7.41. The topological polar surface area (TPSA) is 98.7 Å². The minimum absolute atomic E-state index is 0.0419. The maximum atomic E-state index is 9.92. The molecule has 2 aliphatic rings. The zero-order chi connectivity index (χ0) is 26.0. The third kappa shape index (κ3) is 5.36. The van der Waals surface area contributed by atoms with Crippen LogP contribution in [0.4, 0.5) is 17.5 Å². The van der Waals surface area contributed by atoms with Crippen molar-refractivity contribution in [3.63, 3.8) is 0 Å². The Hall–Kier alpha value is -2.98. The summed E-state index contributed by atoms with van der Waals surface area (Å²) in [5.74, 6) is 1.92. The van der Waals surface area contributed by atoms with E-state index in [9.17, 15) is 5.11 Å². The molecule has 0 saturated carbocycles. The zero-order valence-electron chi connectivity index (χ0n) is 21.6. The molecule has 1 aromatic carbocycles. The molecule has 0 bridgehead atoms. The van der Waals surface area contributed by atoms with Crippen LogP contribution in [0.3, 0.4) is 0 Å². The average molecular weight is 524 g/mol. The molecule has 0 radical (unpaired) electrons. The molecule has 1 saturated heterocycles. The molecular weight excluding hydrogens is 490 g/mol. The van der Waals surface area contributed by atoms with Gasteiger partial charge in [0.25, 0.3) is 0 Å². The third-order valence-corrected chi connectivity index (χ3v) is 7.76. The zero-order valence-corrected chi connectivity index (χ0v) is 22.3. The molecule has 1 unspecified atom stereocenters. The van der Waals surface area contributed by atoms with Crippen LogP contribution in [0, 0.1) is 0 Å². The summed E-state index contributed by atoms with van der Waals surface area (Å²) in [6.07, 6.45) is 3.49. The summed E-state index contributed by atoms with van der Waals surface area (Å²) >= 11 is 6.71. The monoisotopic (exact) mass is 523 g/mol. The highest BCUT2D eigenvalue weighted by Crippen LogP contribution is 2.37. The molecule has 2 aliphatic heterocycles. The largest absolute Gasteiger partial charge is 0.495 e. The van der Waals surface area contributed by atoms with Crippen molar-refractivity contribution >= 4 is 29.1 Å². The first-order valence-corrected chi connectivity index (χ1v) is 13.1. The number of halogens is 1. The Morgan fingerprint density at radius 3 is 2.68 bits per heavy atom. The molecule has 196 valence electrons. The van der Waals surface area contributed by atoms with Crippen LogP contribution < -0.4 is 15.4 Å². The van der Waals surface area contributed by atoms with Crippen LogP contribution in [0.1, 0.15) is 25.0 Å². The van der Waals surface area contributed by atoms with Crippen LogP contribution in [-0.2, 0) is 12.0 Å². The number of aromatic nitrogens is 3. The molecule has 0 spiro atoms. The molecular formula is C27H34ClN7O2. The first-order chi connectivity index (χ1) is 17.9. The summed E-state index contributed by atoms with van der Waals surface area (Å²) in [5.41, 5.74) is 3.94. The van der Waals surface area contributed by atoms with E-state index in [2.05, 4.69) is 37.3 Å². The molecule has 3 N–H and O–H groups in total. The number of nitrogens with one attached hydrogen (secondary N) is 2. The number of methoxy groups -OCH3 is 1. The summed E-state index contributed by atoms with van der Waals surface area (Å²) in [6, 6.07) is 7.76. The molecule has 10 heteroatoms. The van der Waals surface area contributed by atoms with Crippen molar-refractivity contribution in [1.82, 2.24) is 24.8 Å². The Morgan fingerprint density at radius 1 is 1.16 bits per heavy atom. The van der Waals surface area contributed by atoms with Gasteiger partial charge in [0.15, 0.2) is 0 Å². The smallest absolute Gasteiger partial charge is 0.227 e. The number of fused-ring (bicyclic) bond motifs is 1. The number of nitrogens with zero attached hydrogens (tertiary/aromatic N) is 5. The van der Waals surface area contributed by atoms with Crippen molar-refractivity contribution in [2.24, 2.45) is 0 Å². The second-order valence-corrected chi connectivity index (χ2v) is 10.3. The minimum atomic E-state index is -0.373. The summed E-state index contributed by atoms with van der Waals surface area (Å²) in [4.78, 5) is 18.6. The number of pyridine rings is 1. The molecule has 9 nitrogen and oxygen atoms in total. The van der Waals surface area contributed by atoms with Gasteiger partial charge in [0.1, 0.15) is 11.6 Å². The van der Waals surface area contributed by atoms with E-state index in [0.717, 1.165) is 67.5 Å². The van der Waals surface area contributed by atoms with Crippen LogP contribution in [0.5, 0.6) is 5.75 Å². The highest BCUT2D eigenvalue weighted by atomic mass is 35.5. The lowest BCUT2D eigenvalue weighted by atomic mass is 9.85. The van der Waals surface area contributed by atoms with E-state index in [1.807, 2.05) is 31.2 Å². The van der Waals surface area contributed by atoms with Crippen LogP contribution in [0.25, 0.3) is 11.3 Å². The van der Waals surface area contributed by atoms with Gasteiger partial charge in [-0.15, -0.1) is 0 Å². The number of piperazine rings is 1. The van der Waals surface area contributed by atoms with E-state index < -0.39 is 0 Å². The lowest BCUT2D eigenvalue weighted by molar-refractivity contribution is 0.132. The van der Waals surface area contributed by atoms with Gasteiger partial charge in [-0.25, -0.2) is 15.0 Å². The highest BCUT2D eigenvalue weighted by Gasteiger charge is 2.35. The molecule has 1 atom stereocenters. The lowest BCUT2D eigenvalue weighted by Crippen LogP contribution is -2.45. The van der Waals surface area contributed by atoms with E-state index >= 15 is 0 Å². The first kappa shape index (κ1) is 25.7. The van der Waals surface area contributed by atoms with Crippen LogP contribution in [0.2, 0.25) is 5.02 Å². The second-order valence-electron chi connectivity index (χ2n) is 9.94. The van der Waals surface area contributed by atoms with E-state index in [-0.39, 0.29) is 12.0 Å². The second kappa shape index (κ2) is 10.8. The van der Waals surface area contributed by atoms with Crippen molar-refractivity contribution in [3.8, 4) is 17.0 Å². The standard InChI is InChI=1S/C27H34ClN7O2/c1-4-34-7-9-35(10-8-34)15-19-12-24(37-3)23(13-21(19)28)33-26-29-6-5-22(32-26)18-11-20-25(30-14-18)31-16-27(20,2)17-36/h5-6,11-14,36H,4,7-10,15-17H2,1-3H3,(H,30,31)(H,29,32,33). The highest BCUT2D eigenvalue weighted by molar-refractivity contribution is 6.31. The van der Waals surface area contributed by atoms with Gasteiger partial charge in [0.2, 0.25) is 5.95 Å².